The molecule has 7 heteroatoms. The van der Waals surface area contributed by atoms with Gasteiger partial charge in [-0.25, -0.2) is 4.79 Å². The van der Waals surface area contributed by atoms with Crippen LogP contribution in [0.5, 0.6) is 0 Å². The highest BCUT2D eigenvalue weighted by atomic mass is 16.4. The predicted molar refractivity (Wildman–Crippen MR) is 104 cm³/mol. The molecule has 0 aliphatic heterocycles. The van der Waals surface area contributed by atoms with Crippen molar-refractivity contribution in [2.75, 3.05) is 0 Å². The van der Waals surface area contributed by atoms with Crippen LogP contribution in [0.2, 0.25) is 0 Å². The Labute approximate surface area is 164 Å². The van der Waals surface area contributed by atoms with Gasteiger partial charge in [0.1, 0.15) is 6.04 Å². The van der Waals surface area contributed by atoms with Crippen molar-refractivity contribution in [2.24, 2.45) is 5.92 Å². The molecule has 1 atom stereocenters. The lowest BCUT2D eigenvalue weighted by molar-refractivity contribution is -0.122. The van der Waals surface area contributed by atoms with Crippen molar-refractivity contribution < 1.29 is 14.0 Å². The minimum atomic E-state index is -0.715. The first-order chi connectivity index (χ1) is 13.5. The van der Waals surface area contributed by atoms with Gasteiger partial charge >= 0.3 is 5.76 Å². The van der Waals surface area contributed by atoms with E-state index in [4.69, 9.17) is 4.42 Å². The van der Waals surface area contributed by atoms with Crippen molar-refractivity contribution in [1.29, 1.82) is 0 Å². The number of Topliss-reactive ketones (excluding diaryl/α,β-unsaturated/α-hetero) is 1. The molecule has 0 spiro atoms. The van der Waals surface area contributed by atoms with Gasteiger partial charge in [-0.3, -0.25) is 9.59 Å². The van der Waals surface area contributed by atoms with Crippen LogP contribution in [0.3, 0.4) is 0 Å². The summed E-state index contributed by atoms with van der Waals surface area (Å²) in [6.45, 7) is 4.01. The van der Waals surface area contributed by atoms with Crippen molar-refractivity contribution in [3.63, 3.8) is 0 Å². The van der Waals surface area contributed by atoms with Crippen LogP contribution in [0.4, 0.5) is 0 Å². The van der Waals surface area contributed by atoms with E-state index in [-0.39, 0.29) is 17.9 Å². The van der Waals surface area contributed by atoms with Crippen LogP contribution < -0.4 is 5.76 Å². The molecule has 1 aromatic heterocycles. The van der Waals surface area contributed by atoms with Gasteiger partial charge < -0.3 is 9.32 Å². The number of hydrogen-bond acceptors (Lipinski definition) is 5. The second kappa shape index (κ2) is 8.99. The summed E-state index contributed by atoms with van der Waals surface area (Å²) in [4.78, 5) is 39.0. The van der Waals surface area contributed by atoms with Crippen LogP contribution in [-0.4, -0.2) is 39.0 Å². The van der Waals surface area contributed by atoms with Gasteiger partial charge in [0.15, 0.2) is 0 Å². The van der Waals surface area contributed by atoms with Crippen LogP contribution in [0.1, 0.15) is 63.1 Å². The number of amides is 1. The van der Waals surface area contributed by atoms with Gasteiger partial charge in [0.25, 0.3) is 5.89 Å². The predicted octanol–water partition coefficient (Wildman–Crippen LogP) is 3.21. The molecule has 1 aliphatic carbocycles. The van der Waals surface area contributed by atoms with Gasteiger partial charge in [-0.15, -0.1) is 5.10 Å². The largest absolute Gasteiger partial charge is 0.442 e. The number of para-hydroxylation sites is 1. The summed E-state index contributed by atoms with van der Waals surface area (Å²) in [5.41, 5.74) is 0.523. The Morgan fingerprint density at radius 2 is 1.93 bits per heavy atom. The normalized spacial score (nSPS) is 16.1. The van der Waals surface area contributed by atoms with E-state index in [9.17, 15) is 14.4 Å². The van der Waals surface area contributed by atoms with E-state index < -0.39 is 17.6 Å². The molecule has 1 fully saturated rings. The van der Waals surface area contributed by atoms with E-state index in [1.807, 2.05) is 19.9 Å². The SMILES string of the molecule is CC(C)C[C@@H](C(=O)c1nn(-c2ccccc2)c(=O)o1)N(C=O)C1CCCCC1. The Balaban J connectivity index is 1.91. The summed E-state index contributed by atoms with van der Waals surface area (Å²) < 4.78 is 6.25. The van der Waals surface area contributed by atoms with Gasteiger partial charge in [0, 0.05) is 6.04 Å². The fourth-order valence-corrected chi connectivity index (χ4v) is 3.86. The molecule has 0 radical (unpaired) electrons. The molecule has 0 unspecified atom stereocenters. The number of ketones is 1. The minimum absolute atomic E-state index is 0.0434. The molecule has 1 aromatic carbocycles. The lowest BCUT2D eigenvalue weighted by Gasteiger charge is -2.36. The Hall–Kier alpha value is -2.70. The van der Waals surface area contributed by atoms with E-state index in [1.54, 1.807) is 29.2 Å². The molecule has 150 valence electrons. The zero-order chi connectivity index (χ0) is 20.1. The second-order valence-electron chi connectivity index (χ2n) is 7.77. The van der Waals surface area contributed by atoms with E-state index in [1.165, 1.54) is 0 Å². The highest BCUT2D eigenvalue weighted by Gasteiger charge is 2.35. The minimum Gasteiger partial charge on any atom is -0.384 e. The molecule has 28 heavy (non-hydrogen) atoms. The molecular weight excluding hydrogens is 358 g/mol. The second-order valence-corrected chi connectivity index (χ2v) is 7.77. The van der Waals surface area contributed by atoms with Crippen LogP contribution >= 0.6 is 0 Å². The van der Waals surface area contributed by atoms with Crippen molar-refractivity contribution in [3.05, 3.63) is 46.8 Å². The molecule has 1 amide bonds. The van der Waals surface area contributed by atoms with E-state index in [0.29, 0.717) is 12.1 Å². The van der Waals surface area contributed by atoms with Crippen molar-refractivity contribution in [3.8, 4) is 5.69 Å². The highest BCUT2D eigenvalue weighted by molar-refractivity contribution is 5.97. The third-order valence-electron chi connectivity index (χ3n) is 5.23. The Morgan fingerprint density at radius 1 is 1.25 bits per heavy atom. The molecule has 7 nitrogen and oxygen atoms in total. The standard InChI is InChI=1S/C21H27N3O4/c1-15(2)13-18(23(14-25)16-9-5-3-6-10-16)19(26)20-22-24(21(27)28-20)17-11-7-4-8-12-17/h4,7-8,11-12,14-16,18H,3,5-6,9-10,13H2,1-2H3/t18-/m0/s1. The molecule has 1 saturated carbocycles. The van der Waals surface area contributed by atoms with Gasteiger partial charge in [0.2, 0.25) is 12.2 Å². The van der Waals surface area contributed by atoms with Crippen molar-refractivity contribution in [2.45, 2.75) is 64.5 Å². The fraction of sp³-hybridized carbons (Fsp3) is 0.524. The first-order valence-corrected chi connectivity index (χ1v) is 9.93. The third kappa shape index (κ3) is 4.40. The molecular formula is C21H27N3O4. The van der Waals surface area contributed by atoms with E-state index in [0.717, 1.165) is 43.2 Å². The van der Waals surface area contributed by atoms with E-state index in [2.05, 4.69) is 5.10 Å². The molecule has 3 rings (SSSR count). The van der Waals surface area contributed by atoms with Crippen LogP contribution in [0.25, 0.3) is 5.69 Å². The summed E-state index contributed by atoms with van der Waals surface area (Å²) in [6, 6.07) is 8.16. The van der Waals surface area contributed by atoms with Crippen LogP contribution in [0, 0.1) is 5.92 Å². The Bertz CT molecular complexity index is 850. The lowest BCUT2D eigenvalue weighted by Crippen LogP contribution is -2.48. The molecule has 0 bridgehead atoms. The third-order valence-corrected chi connectivity index (χ3v) is 5.23. The number of hydrogen-bond donors (Lipinski definition) is 0. The molecule has 1 aliphatic rings. The Kier molecular flexibility index (Phi) is 6.44. The monoisotopic (exact) mass is 385 g/mol. The highest BCUT2D eigenvalue weighted by Crippen LogP contribution is 2.26. The lowest BCUT2D eigenvalue weighted by atomic mass is 9.91. The van der Waals surface area contributed by atoms with Crippen LogP contribution in [0.15, 0.2) is 39.5 Å². The van der Waals surface area contributed by atoms with Crippen molar-refractivity contribution in [1.82, 2.24) is 14.7 Å². The maximum Gasteiger partial charge on any atom is 0.442 e. The molecule has 0 saturated heterocycles. The number of carbonyl (C=O) groups excluding carboxylic acids is 2. The summed E-state index contributed by atoms with van der Waals surface area (Å²) in [5, 5.41) is 4.12. The Morgan fingerprint density at radius 3 is 2.54 bits per heavy atom. The maximum atomic E-state index is 13.2. The van der Waals surface area contributed by atoms with Crippen LogP contribution in [-0.2, 0) is 4.79 Å². The fourth-order valence-electron chi connectivity index (χ4n) is 3.86. The van der Waals surface area contributed by atoms with Gasteiger partial charge in [-0.2, -0.15) is 4.68 Å². The number of benzene rings is 1. The topological polar surface area (TPSA) is 85.4 Å². The molecule has 0 N–H and O–H groups in total. The molecule has 1 heterocycles. The smallest absolute Gasteiger partial charge is 0.384 e. The molecule has 2 aromatic rings. The summed E-state index contributed by atoms with van der Waals surface area (Å²) >= 11 is 0. The zero-order valence-electron chi connectivity index (χ0n) is 16.4. The quantitative estimate of drug-likeness (QED) is 0.514. The van der Waals surface area contributed by atoms with E-state index >= 15 is 0 Å². The number of nitrogens with zero attached hydrogens (tertiary/aromatic N) is 3. The average molecular weight is 385 g/mol. The maximum absolute atomic E-state index is 13.2. The zero-order valence-corrected chi connectivity index (χ0v) is 16.4. The summed E-state index contributed by atoms with van der Waals surface area (Å²) in [6.07, 6.45) is 6.31. The number of carbonyl (C=O) groups is 2. The summed E-state index contributed by atoms with van der Waals surface area (Å²) in [5.74, 6) is -1.18. The first kappa shape index (κ1) is 20.0. The van der Waals surface area contributed by atoms with Gasteiger partial charge in [-0.1, -0.05) is 51.3 Å². The first-order valence-electron chi connectivity index (χ1n) is 9.93. The van der Waals surface area contributed by atoms with Crippen molar-refractivity contribution >= 4 is 12.2 Å². The van der Waals surface area contributed by atoms with Gasteiger partial charge in [-0.05, 0) is 37.3 Å². The van der Waals surface area contributed by atoms with Gasteiger partial charge in [0.05, 0.1) is 5.69 Å². The number of rotatable bonds is 8. The number of aromatic nitrogens is 2. The average Bonchev–Trinajstić information content (AvgIpc) is 3.10. The summed E-state index contributed by atoms with van der Waals surface area (Å²) in [7, 11) is 0.